The van der Waals surface area contributed by atoms with E-state index in [-0.39, 0.29) is 0 Å². The molecule has 0 amide bonds. The Kier molecular flexibility index (Phi) is 5.48. The quantitative estimate of drug-likeness (QED) is 0.411. The molecule has 9 heavy (non-hydrogen) atoms. The zero-order chi connectivity index (χ0) is 7.28. The number of hydrogen-bond acceptors (Lipinski definition) is 1. The lowest BCUT2D eigenvalue weighted by molar-refractivity contribution is 0.389. The molecule has 2 heteroatoms. The van der Waals surface area contributed by atoms with E-state index >= 15 is 0 Å². The summed E-state index contributed by atoms with van der Waals surface area (Å²) in [5, 5.41) is 0. The molecule has 1 nitrogen and oxygen atoms in total. The number of likely N-dealkylation sites (N-methyl/N-ethyl adjacent to an activating group) is 1. The van der Waals surface area contributed by atoms with E-state index in [4.69, 9.17) is 0 Å². The molecule has 0 aliphatic heterocycles. The van der Waals surface area contributed by atoms with Crippen molar-refractivity contribution in [1.82, 2.24) is 4.90 Å². The number of halogens is 1. The maximum atomic E-state index is 3.83. The van der Waals surface area contributed by atoms with Gasteiger partial charge in [-0.1, -0.05) is 34.7 Å². The van der Waals surface area contributed by atoms with Gasteiger partial charge in [-0.05, 0) is 14.0 Å². The molecule has 0 bridgehead atoms. The SMILES string of the molecule is C=C(C)CN(C)CCI. The lowest BCUT2D eigenvalue weighted by Crippen LogP contribution is -2.21. The van der Waals surface area contributed by atoms with Gasteiger partial charge in [-0.2, -0.15) is 0 Å². The molecule has 54 valence electrons. The standard InChI is InChI=1S/C7H14IN/c1-7(2)6-9(3)5-4-8/h1,4-6H2,2-3H3. The topological polar surface area (TPSA) is 3.24 Å². The Balaban J connectivity index is 3.26. The van der Waals surface area contributed by atoms with Gasteiger partial charge in [-0.3, -0.25) is 0 Å². The van der Waals surface area contributed by atoms with Crippen LogP contribution in [0.25, 0.3) is 0 Å². The Hall–Kier alpha value is 0.430. The van der Waals surface area contributed by atoms with Gasteiger partial charge >= 0.3 is 0 Å². The van der Waals surface area contributed by atoms with Crippen LogP contribution in [0.15, 0.2) is 12.2 Å². The minimum atomic E-state index is 1.03. The zero-order valence-electron chi connectivity index (χ0n) is 6.15. The number of alkyl halides is 1. The molecule has 0 aliphatic carbocycles. The molecule has 0 spiro atoms. The van der Waals surface area contributed by atoms with Gasteiger partial charge in [0.15, 0.2) is 0 Å². The second kappa shape index (κ2) is 5.23. The second-order valence-electron chi connectivity index (χ2n) is 2.38. The molecule has 0 aromatic heterocycles. The first-order chi connectivity index (χ1) is 4.16. The average Bonchev–Trinajstić information content (AvgIpc) is 1.63. The van der Waals surface area contributed by atoms with Crippen molar-refractivity contribution in [2.24, 2.45) is 0 Å². The van der Waals surface area contributed by atoms with Gasteiger partial charge in [0.05, 0.1) is 0 Å². The monoisotopic (exact) mass is 239 g/mol. The summed E-state index contributed by atoms with van der Waals surface area (Å²) in [6.45, 7) is 8.08. The smallest absolute Gasteiger partial charge is 0.0184 e. The van der Waals surface area contributed by atoms with Gasteiger partial charge in [0.2, 0.25) is 0 Å². The molecule has 0 aromatic rings. The third-order valence-electron chi connectivity index (χ3n) is 1.01. The lowest BCUT2D eigenvalue weighted by Gasteiger charge is -2.13. The van der Waals surface area contributed by atoms with E-state index in [1.165, 1.54) is 10.0 Å². The highest BCUT2D eigenvalue weighted by Crippen LogP contribution is 1.92. The largest absolute Gasteiger partial charge is 0.302 e. The summed E-state index contributed by atoms with van der Waals surface area (Å²) in [7, 11) is 2.12. The molecule has 0 heterocycles. The van der Waals surface area contributed by atoms with E-state index in [0.717, 1.165) is 13.1 Å². The highest BCUT2D eigenvalue weighted by molar-refractivity contribution is 14.1. The first-order valence-corrected chi connectivity index (χ1v) is 4.58. The summed E-state index contributed by atoms with van der Waals surface area (Å²) in [4.78, 5) is 2.27. The van der Waals surface area contributed by atoms with Crippen LogP contribution in [0.4, 0.5) is 0 Å². The Bertz CT molecular complexity index is 90.9. The van der Waals surface area contributed by atoms with E-state index in [2.05, 4.69) is 48.0 Å². The third kappa shape index (κ3) is 6.31. The minimum Gasteiger partial charge on any atom is -0.302 e. The van der Waals surface area contributed by atoms with Crippen LogP contribution in [0.3, 0.4) is 0 Å². The highest BCUT2D eigenvalue weighted by atomic mass is 127. The first-order valence-electron chi connectivity index (χ1n) is 3.05. The van der Waals surface area contributed by atoms with Crippen molar-refractivity contribution in [1.29, 1.82) is 0 Å². The minimum absolute atomic E-state index is 1.03. The van der Waals surface area contributed by atoms with E-state index in [9.17, 15) is 0 Å². The Morgan fingerprint density at radius 2 is 2.22 bits per heavy atom. The van der Waals surface area contributed by atoms with Crippen LogP contribution in [0, 0.1) is 0 Å². The van der Waals surface area contributed by atoms with E-state index in [1.807, 2.05) is 0 Å². The van der Waals surface area contributed by atoms with Crippen molar-refractivity contribution in [2.45, 2.75) is 6.92 Å². The predicted octanol–water partition coefficient (Wildman–Crippen LogP) is 1.93. The molecule has 0 radical (unpaired) electrons. The summed E-state index contributed by atoms with van der Waals surface area (Å²) in [6.07, 6.45) is 0. The van der Waals surface area contributed by atoms with Crippen molar-refractivity contribution in [2.75, 3.05) is 24.6 Å². The number of hydrogen-bond donors (Lipinski definition) is 0. The average molecular weight is 239 g/mol. The number of nitrogens with zero attached hydrogens (tertiary/aromatic N) is 1. The fourth-order valence-corrected chi connectivity index (χ4v) is 1.51. The molecular weight excluding hydrogens is 225 g/mol. The highest BCUT2D eigenvalue weighted by Gasteiger charge is 1.94. The Morgan fingerprint density at radius 3 is 2.56 bits per heavy atom. The normalized spacial score (nSPS) is 10.2. The third-order valence-corrected chi connectivity index (χ3v) is 1.49. The van der Waals surface area contributed by atoms with Crippen LogP contribution < -0.4 is 0 Å². The van der Waals surface area contributed by atoms with E-state index in [0.29, 0.717) is 0 Å². The van der Waals surface area contributed by atoms with Crippen LogP contribution in [0.2, 0.25) is 0 Å². The summed E-state index contributed by atoms with van der Waals surface area (Å²) in [5.74, 6) is 0. The molecule has 0 saturated carbocycles. The molecule has 0 aliphatic rings. The van der Waals surface area contributed by atoms with Gasteiger partial charge in [-0.25, -0.2) is 0 Å². The summed E-state index contributed by atoms with van der Waals surface area (Å²) in [6, 6.07) is 0. The summed E-state index contributed by atoms with van der Waals surface area (Å²) < 4.78 is 1.20. The van der Waals surface area contributed by atoms with Crippen LogP contribution >= 0.6 is 22.6 Å². The van der Waals surface area contributed by atoms with Crippen molar-refractivity contribution >= 4 is 22.6 Å². The van der Waals surface area contributed by atoms with E-state index in [1.54, 1.807) is 0 Å². The molecule has 0 unspecified atom stereocenters. The molecular formula is C7H14IN. The predicted molar refractivity (Wildman–Crippen MR) is 51.2 cm³/mol. The Morgan fingerprint density at radius 1 is 1.67 bits per heavy atom. The van der Waals surface area contributed by atoms with Gasteiger partial charge in [-0.15, -0.1) is 0 Å². The summed E-state index contributed by atoms with van der Waals surface area (Å²) >= 11 is 2.38. The van der Waals surface area contributed by atoms with Gasteiger partial charge in [0, 0.05) is 17.5 Å². The second-order valence-corrected chi connectivity index (χ2v) is 3.46. The fourth-order valence-electron chi connectivity index (χ4n) is 0.684. The lowest BCUT2D eigenvalue weighted by atomic mass is 10.3. The summed E-state index contributed by atoms with van der Waals surface area (Å²) in [5.41, 5.74) is 1.24. The fraction of sp³-hybridized carbons (Fsp3) is 0.714. The molecule has 0 fully saturated rings. The van der Waals surface area contributed by atoms with Crippen molar-refractivity contribution in [3.63, 3.8) is 0 Å². The Labute approximate surface area is 71.3 Å². The van der Waals surface area contributed by atoms with E-state index < -0.39 is 0 Å². The van der Waals surface area contributed by atoms with Crippen molar-refractivity contribution < 1.29 is 0 Å². The van der Waals surface area contributed by atoms with Crippen LogP contribution in [-0.2, 0) is 0 Å². The van der Waals surface area contributed by atoms with Crippen molar-refractivity contribution in [3.8, 4) is 0 Å². The molecule has 0 atom stereocenters. The molecule has 0 N–H and O–H groups in total. The zero-order valence-corrected chi connectivity index (χ0v) is 8.31. The van der Waals surface area contributed by atoms with Crippen LogP contribution in [-0.4, -0.2) is 29.5 Å². The maximum absolute atomic E-state index is 3.83. The van der Waals surface area contributed by atoms with Gasteiger partial charge in [0.1, 0.15) is 0 Å². The molecule has 0 saturated heterocycles. The molecule has 0 rings (SSSR count). The van der Waals surface area contributed by atoms with Gasteiger partial charge < -0.3 is 4.90 Å². The number of rotatable bonds is 4. The van der Waals surface area contributed by atoms with Gasteiger partial charge in [0.25, 0.3) is 0 Å². The van der Waals surface area contributed by atoms with Crippen LogP contribution in [0.5, 0.6) is 0 Å². The maximum Gasteiger partial charge on any atom is 0.0184 e. The van der Waals surface area contributed by atoms with Crippen molar-refractivity contribution in [3.05, 3.63) is 12.2 Å². The first kappa shape index (κ1) is 9.43. The molecule has 0 aromatic carbocycles. The van der Waals surface area contributed by atoms with Crippen LogP contribution in [0.1, 0.15) is 6.92 Å².